The van der Waals surface area contributed by atoms with Crippen molar-refractivity contribution in [1.29, 1.82) is 0 Å². The van der Waals surface area contributed by atoms with Crippen LogP contribution in [0.15, 0.2) is 54.6 Å². The van der Waals surface area contributed by atoms with Crippen molar-refractivity contribution in [3.05, 3.63) is 54.6 Å². The summed E-state index contributed by atoms with van der Waals surface area (Å²) in [5.74, 6) is 1.63. The van der Waals surface area contributed by atoms with Crippen LogP contribution in [0.1, 0.15) is 39.0 Å². The minimum Gasteiger partial charge on any atom is -0.457 e. The maximum absolute atomic E-state index is 11.8. The molecule has 0 aromatic heterocycles. The van der Waals surface area contributed by atoms with E-state index in [-0.39, 0.29) is 5.91 Å². The van der Waals surface area contributed by atoms with Gasteiger partial charge in [-0.15, -0.1) is 0 Å². The van der Waals surface area contributed by atoms with Crippen LogP contribution in [-0.2, 0) is 4.79 Å². The summed E-state index contributed by atoms with van der Waals surface area (Å²) >= 11 is 0. The van der Waals surface area contributed by atoms with Crippen LogP contribution in [0, 0.1) is 0 Å². The van der Waals surface area contributed by atoms with E-state index in [2.05, 4.69) is 12.2 Å². The number of anilines is 1. The summed E-state index contributed by atoms with van der Waals surface area (Å²) in [5.41, 5.74) is 0.806. The normalized spacial score (nSPS) is 10.2. The summed E-state index contributed by atoms with van der Waals surface area (Å²) in [5, 5.41) is 2.92. The zero-order valence-corrected chi connectivity index (χ0v) is 13.0. The van der Waals surface area contributed by atoms with Crippen LogP contribution in [0.4, 0.5) is 5.69 Å². The monoisotopic (exact) mass is 297 g/mol. The molecule has 1 N–H and O–H groups in total. The van der Waals surface area contributed by atoms with Gasteiger partial charge in [0.2, 0.25) is 5.91 Å². The van der Waals surface area contributed by atoms with Gasteiger partial charge in [0.15, 0.2) is 0 Å². The zero-order valence-electron chi connectivity index (χ0n) is 13.0. The van der Waals surface area contributed by atoms with Gasteiger partial charge in [-0.3, -0.25) is 4.79 Å². The number of hydrogen-bond acceptors (Lipinski definition) is 2. The molecule has 0 unspecified atom stereocenters. The molecule has 22 heavy (non-hydrogen) atoms. The molecule has 1 amide bonds. The molecule has 0 fully saturated rings. The third kappa shape index (κ3) is 5.60. The lowest BCUT2D eigenvalue weighted by atomic mass is 10.1. The van der Waals surface area contributed by atoms with Gasteiger partial charge >= 0.3 is 0 Å². The highest BCUT2D eigenvalue weighted by Gasteiger charge is 2.03. The predicted molar refractivity (Wildman–Crippen MR) is 90.3 cm³/mol. The van der Waals surface area contributed by atoms with Crippen molar-refractivity contribution in [3.8, 4) is 11.5 Å². The van der Waals surface area contributed by atoms with Crippen LogP contribution < -0.4 is 10.1 Å². The summed E-state index contributed by atoms with van der Waals surface area (Å²) in [6.45, 7) is 2.17. The Balaban J connectivity index is 1.80. The molecule has 3 nitrogen and oxygen atoms in total. The molecule has 0 aliphatic rings. The number of amides is 1. The highest BCUT2D eigenvalue weighted by molar-refractivity contribution is 5.90. The molecule has 0 radical (unpaired) electrons. The summed E-state index contributed by atoms with van der Waals surface area (Å²) in [6.07, 6.45) is 5.04. The first-order valence-corrected chi connectivity index (χ1v) is 7.91. The number of carbonyl (C=O) groups excluding carboxylic acids is 1. The number of ether oxygens (including phenoxy) is 1. The average molecular weight is 297 g/mol. The van der Waals surface area contributed by atoms with Crippen molar-refractivity contribution in [2.75, 3.05) is 5.32 Å². The largest absolute Gasteiger partial charge is 0.457 e. The second-order valence-corrected chi connectivity index (χ2v) is 5.30. The van der Waals surface area contributed by atoms with Crippen molar-refractivity contribution in [2.24, 2.45) is 0 Å². The van der Waals surface area contributed by atoms with Crippen molar-refractivity contribution < 1.29 is 9.53 Å². The Kier molecular flexibility index (Phi) is 6.49. The predicted octanol–water partition coefficient (Wildman–Crippen LogP) is 5.39. The molecule has 0 aliphatic carbocycles. The van der Waals surface area contributed by atoms with E-state index in [1.54, 1.807) is 0 Å². The van der Waals surface area contributed by atoms with Gasteiger partial charge in [-0.05, 0) is 42.8 Å². The van der Waals surface area contributed by atoms with Gasteiger partial charge in [-0.1, -0.05) is 44.4 Å². The number of nitrogens with one attached hydrogen (secondary N) is 1. The lowest BCUT2D eigenvalue weighted by molar-refractivity contribution is -0.116. The Morgan fingerprint density at radius 1 is 0.909 bits per heavy atom. The Morgan fingerprint density at radius 3 is 2.27 bits per heavy atom. The SMILES string of the molecule is CCCCCCC(=O)Nc1ccc(Oc2ccccc2)cc1. The van der Waals surface area contributed by atoms with E-state index in [1.165, 1.54) is 12.8 Å². The van der Waals surface area contributed by atoms with E-state index in [9.17, 15) is 4.79 Å². The van der Waals surface area contributed by atoms with Crippen LogP contribution in [0.2, 0.25) is 0 Å². The van der Waals surface area contributed by atoms with Crippen LogP contribution in [0.3, 0.4) is 0 Å². The Morgan fingerprint density at radius 2 is 1.59 bits per heavy atom. The minimum atomic E-state index is 0.0767. The van der Waals surface area contributed by atoms with E-state index < -0.39 is 0 Å². The van der Waals surface area contributed by atoms with Gasteiger partial charge in [0.05, 0.1) is 0 Å². The number of hydrogen-bond donors (Lipinski definition) is 1. The molecule has 0 spiro atoms. The first-order valence-electron chi connectivity index (χ1n) is 7.91. The van der Waals surface area contributed by atoms with Crippen LogP contribution in [-0.4, -0.2) is 5.91 Å². The van der Waals surface area contributed by atoms with Gasteiger partial charge in [-0.2, -0.15) is 0 Å². The molecule has 0 saturated carbocycles. The molecule has 0 aliphatic heterocycles. The van der Waals surface area contributed by atoms with Crippen molar-refractivity contribution in [1.82, 2.24) is 0 Å². The molecule has 0 heterocycles. The highest BCUT2D eigenvalue weighted by Crippen LogP contribution is 2.22. The van der Waals surface area contributed by atoms with Gasteiger partial charge < -0.3 is 10.1 Å². The van der Waals surface area contributed by atoms with Gasteiger partial charge in [-0.25, -0.2) is 0 Å². The first-order chi connectivity index (χ1) is 10.8. The summed E-state index contributed by atoms with van der Waals surface area (Å²) in [6, 6.07) is 17.1. The topological polar surface area (TPSA) is 38.3 Å². The number of unbranched alkanes of at least 4 members (excludes halogenated alkanes) is 3. The highest BCUT2D eigenvalue weighted by atomic mass is 16.5. The number of para-hydroxylation sites is 1. The molecule has 0 bridgehead atoms. The quantitative estimate of drug-likeness (QED) is 0.663. The zero-order chi connectivity index (χ0) is 15.6. The van der Waals surface area contributed by atoms with Crippen LogP contribution in [0.5, 0.6) is 11.5 Å². The van der Waals surface area contributed by atoms with Crippen molar-refractivity contribution >= 4 is 11.6 Å². The van der Waals surface area contributed by atoms with Crippen LogP contribution >= 0.6 is 0 Å². The maximum atomic E-state index is 11.8. The van der Waals surface area contributed by atoms with E-state index in [0.29, 0.717) is 6.42 Å². The fourth-order valence-electron chi connectivity index (χ4n) is 2.17. The average Bonchev–Trinajstić information content (AvgIpc) is 2.54. The smallest absolute Gasteiger partial charge is 0.224 e. The second kappa shape index (κ2) is 8.88. The molecule has 2 aromatic carbocycles. The Labute approximate surface area is 132 Å². The fourth-order valence-corrected chi connectivity index (χ4v) is 2.17. The minimum absolute atomic E-state index is 0.0767. The number of benzene rings is 2. The first kappa shape index (κ1) is 16.1. The van der Waals surface area contributed by atoms with Crippen molar-refractivity contribution in [3.63, 3.8) is 0 Å². The Bertz CT molecular complexity index is 564. The van der Waals surface area contributed by atoms with E-state index in [1.807, 2.05) is 54.6 Å². The molecule has 116 valence electrons. The third-order valence-corrected chi connectivity index (χ3v) is 3.37. The van der Waals surface area contributed by atoms with E-state index in [4.69, 9.17) is 4.74 Å². The maximum Gasteiger partial charge on any atom is 0.224 e. The molecule has 2 aromatic rings. The van der Waals surface area contributed by atoms with Crippen molar-refractivity contribution in [2.45, 2.75) is 39.0 Å². The second-order valence-electron chi connectivity index (χ2n) is 5.30. The molecule has 2 rings (SSSR count). The van der Waals surface area contributed by atoms with E-state index >= 15 is 0 Å². The molecular weight excluding hydrogens is 274 g/mol. The van der Waals surface area contributed by atoms with Gasteiger partial charge in [0, 0.05) is 12.1 Å². The van der Waals surface area contributed by atoms with Gasteiger partial charge in [0.25, 0.3) is 0 Å². The summed E-state index contributed by atoms with van der Waals surface area (Å²) < 4.78 is 5.72. The van der Waals surface area contributed by atoms with E-state index in [0.717, 1.165) is 30.0 Å². The standard InChI is InChI=1S/C19H23NO2/c1-2-3-4-8-11-19(21)20-16-12-14-18(15-13-16)22-17-9-6-5-7-10-17/h5-7,9-10,12-15H,2-4,8,11H2,1H3,(H,20,21). The molecular formula is C19H23NO2. The number of rotatable bonds is 8. The summed E-state index contributed by atoms with van der Waals surface area (Å²) in [7, 11) is 0. The van der Waals surface area contributed by atoms with Crippen LogP contribution in [0.25, 0.3) is 0 Å². The molecule has 3 heteroatoms. The third-order valence-electron chi connectivity index (χ3n) is 3.37. The molecule has 0 atom stereocenters. The lowest BCUT2D eigenvalue weighted by Gasteiger charge is -2.08. The lowest BCUT2D eigenvalue weighted by Crippen LogP contribution is -2.10. The summed E-state index contributed by atoms with van der Waals surface area (Å²) in [4.78, 5) is 11.8. The molecule has 0 saturated heterocycles. The van der Waals surface area contributed by atoms with Gasteiger partial charge in [0.1, 0.15) is 11.5 Å². The Hall–Kier alpha value is -2.29. The number of carbonyl (C=O) groups is 1. The fraction of sp³-hybridized carbons (Fsp3) is 0.316.